The fourth-order valence-corrected chi connectivity index (χ4v) is 2.46. The summed E-state index contributed by atoms with van der Waals surface area (Å²) in [6.07, 6.45) is 4.79. The van der Waals surface area contributed by atoms with Crippen molar-refractivity contribution in [2.24, 2.45) is 0 Å². The van der Waals surface area contributed by atoms with E-state index in [1.807, 2.05) is 6.92 Å². The SMILES string of the molecule is C=CC(=O)N(Cc1cnn(C2CC2(F)F)c1)Cc1cc(CC)no1. The van der Waals surface area contributed by atoms with Gasteiger partial charge in [0.2, 0.25) is 5.91 Å². The Kier molecular flexibility index (Phi) is 4.21. The molecule has 2 aromatic rings. The maximum Gasteiger partial charge on any atom is 0.272 e. The fraction of sp³-hybridized carbons (Fsp3) is 0.438. The third-order valence-electron chi connectivity index (χ3n) is 3.94. The van der Waals surface area contributed by atoms with Crippen molar-refractivity contribution < 1.29 is 18.1 Å². The predicted molar refractivity (Wildman–Crippen MR) is 81.2 cm³/mol. The third-order valence-corrected chi connectivity index (χ3v) is 3.94. The van der Waals surface area contributed by atoms with Crippen LogP contribution in [-0.4, -0.2) is 31.7 Å². The molecule has 2 heterocycles. The Morgan fingerprint density at radius 3 is 2.92 bits per heavy atom. The van der Waals surface area contributed by atoms with Gasteiger partial charge in [-0.3, -0.25) is 9.48 Å². The summed E-state index contributed by atoms with van der Waals surface area (Å²) in [4.78, 5) is 13.6. The van der Waals surface area contributed by atoms with Gasteiger partial charge in [-0.2, -0.15) is 5.10 Å². The number of hydrogen-bond acceptors (Lipinski definition) is 4. The van der Waals surface area contributed by atoms with E-state index in [0.29, 0.717) is 11.3 Å². The number of rotatable bonds is 7. The second-order valence-corrected chi connectivity index (χ2v) is 5.85. The number of nitrogens with zero attached hydrogens (tertiary/aromatic N) is 4. The van der Waals surface area contributed by atoms with Gasteiger partial charge in [0.25, 0.3) is 5.92 Å². The molecule has 0 bridgehead atoms. The molecule has 0 saturated heterocycles. The van der Waals surface area contributed by atoms with Crippen LogP contribution in [0.15, 0.2) is 35.6 Å². The molecule has 1 aliphatic rings. The normalized spacial score (nSPS) is 18.4. The molecule has 2 aromatic heterocycles. The summed E-state index contributed by atoms with van der Waals surface area (Å²) in [6.45, 7) is 5.90. The lowest BCUT2D eigenvalue weighted by Gasteiger charge is -2.18. The van der Waals surface area contributed by atoms with Gasteiger partial charge in [0.05, 0.1) is 18.4 Å². The third kappa shape index (κ3) is 3.37. The van der Waals surface area contributed by atoms with E-state index in [4.69, 9.17) is 4.52 Å². The zero-order chi connectivity index (χ0) is 17.3. The number of halogens is 2. The molecule has 1 unspecified atom stereocenters. The van der Waals surface area contributed by atoms with Gasteiger partial charge in [0, 0.05) is 30.8 Å². The number of aryl methyl sites for hydroxylation is 1. The van der Waals surface area contributed by atoms with Gasteiger partial charge in [-0.25, -0.2) is 8.78 Å². The van der Waals surface area contributed by atoms with Crippen LogP contribution in [0.25, 0.3) is 0 Å². The first-order chi connectivity index (χ1) is 11.4. The van der Waals surface area contributed by atoms with E-state index >= 15 is 0 Å². The van der Waals surface area contributed by atoms with Crippen LogP contribution < -0.4 is 0 Å². The van der Waals surface area contributed by atoms with Gasteiger partial charge in [0.1, 0.15) is 6.04 Å². The van der Waals surface area contributed by atoms with E-state index in [-0.39, 0.29) is 25.4 Å². The fourth-order valence-electron chi connectivity index (χ4n) is 2.46. The average molecular weight is 336 g/mol. The summed E-state index contributed by atoms with van der Waals surface area (Å²) < 4.78 is 32.7. The molecule has 128 valence electrons. The van der Waals surface area contributed by atoms with Crippen LogP contribution in [0.2, 0.25) is 0 Å². The Morgan fingerprint density at radius 2 is 2.33 bits per heavy atom. The summed E-state index contributed by atoms with van der Waals surface area (Å²) in [5, 5.41) is 7.87. The molecule has 1 atom stereocenters. The van der Waals surface area contributed by atoms with E-state index in [9.17, 15) is 13.6 Å². The van der Waals surface area contributed by atoms with E-state index in [0.717, 1.165) is 12.1 Å². The van der Waals surface area contributed by atoms with E-state index in [1.165, 1.54) is 21.9 Å². The highest BCUT2D eigenvalue weighted by Crippen LogP contribution is 2.52. The van der Waals surface area contributed by atoms with Crippen LogP contribution in [-0.2, 0) is 24.3 Å². The number of alkyl halides is 2. The summed E-state index contributed by atoms with van der Waals surface area (Å²) >= 11 is 0. The van der Waals surface area contributed by atoms with Crippen molar-refractivity contribution >= 4 is 5.91 Å². The van der Waals surface area contributed by atoms with E-state index in [1.54, 1.807) is 12.3 Å². The molecule has 0 N–H and O–H groups in total. The number of carbonyl (C=O) groups is 1. The Morgan fingerprint density at radius 1 is 1.58 bits per heavy atom. The molecule has 3 rings (SSSR count). The Bertz CT molecular complexity index is 753. The van der Waals surface area contributed by atoms with Crippen molar-refractivity contribution in [3.05, 3.63) is 48.1 Å². The second-order valence-electron chi connectivity index (χ2n) is 5.85. The lowest BCUT2D eigenvalue weighted by Crippen LogP contribution is -2.28. The molecule has 1 fully saturated rings. The van der Waals surface area contributed by atoms with Crippen LogP contribution in [0.3, 0.4) is 0 Å². The Labute approximate surface area is 137 Å². The standard InChI is InChI=1S/C16H18F2N4O2/c1-3-12-5-13(24-20-12)10-21(15(23)4-2)8-11-7-19-22(9-11)14-6-16(14,17)18/h4-5,7,9,14H,2-3,6,8,10H2,1H3. The second kappa shape index (κ2) is 6.18. The highest BCUT2D eigenvalue weighted by atomic mass is 19.3. The maximum atomic E-state index is 13.1. The van der Waals surface area contributed by atoms with Gasteiger partial charge in [-0.05, 0) is 12.5 Å². The Balaban J connectivity index is 1.70. The molecule has 0 radical (unpaired) electrons. The van der Waals surface area contributed by atoms with Crippen LogP contribution >= 0.6 is 0 Å². The number of aromatic nitrogens is 3. The summed E-state index contributed by atoms with van der Waals surface area (Å²) in [7, 11) is 0. The molecule has 0 spiro atoms. The molecular weight excluding hydrogens is 318 g/mol. The highest BCUT2D eigenvalue weighted by Gasteiger charge is 2.59. The predicted octanol–water partition coefficient (Wildman–Crippen LogP) is 2.73. The van der Waals surface area contributed by atoms with Crippen molar-refractivity contribution in [1.82, 2.24) is 19.8 Å². The molecule has 0 aromatic carbocycles. The molecule has 8 heteroatoms. The van der Waals surface area contributed by atoms with Crippen LogP contribution in [0.1, 0.15) is 36.4 Å². The average Bonchev–Trinajstić information content (AvgIpc) is 2.96. The molecule has 0 aliphatic heterocycles. The van der Waals surface area contributed by atoms with Gasteiger partial charge >= 0.3 is 0 Å². The van der Waals surface area contributed by atoms with E-state index < -0.39 is 12.0 Å². The minimum Gasteiger partial charge on any atom is -0.359 e. The van der Waals surface area contributed by atoms with Gasteiger partial charge < -0.3 is 9.42 Å². The minimum atomic E-state index is -2.68. The monoisotopic (exact) mass is 336 g/mol. The first kappa shape index (κ1) is 16.4. The van der Waals surface area contributed by atoms with Crippen LogP contribution in [0.5, 0.6) is 0 Å². The largest absolute Gasteiger partial charge is 0.359 e. The van der Waals surface area contributed by atoms with E-state index in [2.05, 4.69) is 16.8 Å². The van der Waals surface area contributed by atoms with Gasteiger partial charge in [-0.1, -0.05) is 18.7 Å². The summed E-state index contributed by atoms with van der Waals surface area (Å²) in [5.74, 6) is -2.41. The maximum absolute atomic E-state index is 13.1. The lowest BCUT2D eigenvalue weighted by molar-refractivity contribution is -0.127. The molecular formula is C16H18F2N4O2. The van der Waals surface area contributed by atoms with Crippen molar-refractivity contribution in [2.45, 2.75) is 44.8 Å². The smallest absolute Gasteiger partial charge is 0.272 e. The van der Waals surface area contributed by atoms with Crippen molar-refractivity contribution in [3.63, 3.8) is 0 Å². The molecule has 24 heavy (non-hydrogen) atoms. The van der Waals surface area contributed by atoms with Crippen LogP contribution in [0, 0.1) is 0 Å². The zero-order valence-electron chi connectivity index (χ0n) is 13.3. The minimum absolute atomic E-state index is 0.193. The van der Waals surface area contributed by atoms with Crippen molar-refractivity contribution in [2.75, 3.05) is 0 Å². The first-order valence-electron chi connectivity index (χ1n) is 7.69. The number of amides is 1. The Hall–Kier alpha value is -2.51. The topological polar surface area (TPSA) is 64.2 Å². The van der Waals surface area contributed by atoms with Crippen molar-refractivity contribution in [3.8, 4) is 0 Å². The van der Waals surface area contributed by atoms with Crippen LogP contribution in [0.4, 0.5) is 8.78 Å². The first-order valence-corrected chi connectivity index (χ1v) is 7.69. The van der Waals surface area contributed by atoms with Gasteiger partial charge in [0.15, 0.2) is 5.76 Å². The highest BCUT2D eigenvalue weighted by molar-refractivity contribution is 5.86. The quantitative estimate of drug-likeness (QED) is 0.729. The van der Waals surface area contributed by atoms with Crippen molar-refractivity contribution in [1.29, 1.82) is 0 Å². The lowest BCUT2D eigenvalue weighted by atomic mass is 10.2. The molecule has 1 aliphatic carbocycles. The number of hydrogen-bond donors (Lipinski definition) is 0. The van der Waals surface area contributed by atoms with Gasteiger partial charge in [-0.15, -0.1) is 0 Å². The zero-order valence-corrected chi connectivity index (χ0v) is 13.3. The summed E-state index contributed by atoms with van der Waals surface area (Å²) in [6, 6.07) is 0.911. The molecule has 1 amide bonds. The summed E-state index contributed by atoms with van der Waals surface area (Å²) in [5.41, 5.74) is 1.47. The number of carbonyl (C=O) groups excluding carboxylic acids is 1. The molecule has 6 nitrogen and oxygen atoms in total. The molecule has 1 saturated carbocycles.